The molecule has 0 aliphatic rings. The second-order valence-corrected chi connectivity index (χ2v) is 19.3. The molecule has 0 N–H and O–H groups in total. The predicted molar refractivity (Wildman–Crippen MR) is 224 cm³/mol. The molecule has 2 radical (unpaired) electrons. The van der Waals surface area contributed by atoms with Crippen LogP contribution in [0.25, 0.3) is 43.8 Å². The molecule has 6 rings (SSSR count). The van der Waals surface area contributed by atoms with Crippen LogP contribution < -0.4 is 0 Å². The summed E-state index contributed by atoms with van der Waals surface area (Å²) >= 11 is -0.826. The maximum atomic E-state index is 4.93. The molecule has 0 spiro atoms. The van der Waals surface area contributed by atoms with Gasteiger partial charge in [-0.2, -0.15) is 12.1 Å². The average Bonchev–Trinajstić information content (AvgIpc) is 3.72. The molecule has 6 aromatic rings. The SMILES string of the molecule is CC(C)Cc1ccccc1-c1cccc2[cH-]c(C(C)C)cc12.CC(C)Cc1ccccc1-c1cccc2[cH-]c(C(C)C)cc12.C[Si]C.[Cl][Zr+2][Cl]. The molecule has 50 heavy (non-hydrogen) atoms. The molecule has 0 nitrogen and oxygen atoms in total. The van der Waals surface area contributed by atoms with E-state index in [0.717, 1.165) is 22.4 Å². The fourth-order valence-corrected chi connectivity index (χ4v) is 6.45. The van der Waals surface area contributed by atoms with Crippen LogP contribution in [0.1, 0.15) is 89.5 Å². The van der Waals surface area contributed by atoms with Crippen molar-refractivity contribution in [3.05, 3.63) is 131 Å². The van der Waals surface area contributed by atoms with Crippen molar-refractivity contribution in [1.29, 1.82) is 0 Å². The second kappa shape index (κ2) is 21.3. The van der Waals surface area contributed by atoms with Gasteiger partial charge in [0.15, 0.2) is 0 Å². The average molecular weight is 799 g/mol. The first kappa shape index (κ1) is 42.2. The van der Waals surface area contributed by atoms with Crippen LogP contribution in [0, 0.1) is 11.8 Å². The normalized spacial score (nSPS) is 10.9. The summed E-state index contributed by atoms with van der Waals surface area (Å²) in [5.41, 5.74) is 11.3. The molecule has 0 amide bonds. The fourth-order valence-electron chi connectivity index (χ4n) is 6.45. The third-order valence-electron chi connectivity index (χ3n) is 8.75. The van der Waals surface area contributed by atoms with Crippen molar-refractivity contribution < 1.29 is 20.8 Å². The zero-order valence-electron chi connectivity index (χ0n) is 31.9. The second-order valence-electron chi connectivity index (χ2n) is 14.6. The first-order valence-electron chi connectivity index (χ1n) is 18.0. The molecule has 0 unspecified atom stereocenters. The molecule has 0 aromatic heterocycles. The van der Waals surface area contributed by atoms with E-state index in [9.17, 15) is 0 Å². The molecule has 0 heterocycles. The van der Waals surface area contributed by atoms with Crippen LogP contribution >= 0.6 is 17.0 Å². The Morgan fingerprint density at radius 3 is 1.16 bits per heavy atom. The van der Waals surface area contributed by atoms with Gasteiger partial charge in [0.2, 0.25) is 0 Å². The van der Waals surface area contributed by atoms with E-state index >= 15 is 0 Å². The van der Waals surface area contributed by atoms with Crippen molar-refractivity contribution >= 4 is 48.1 Å². The van der Waals surface area contributed by atoms with Crippen LogP contribution in [-0.4, -0.2) is 9.52 Å². The van der Waals surface area contributed by atoms with Gasteiger partial charge in [0.25, 0.3) is 0 Å². The summed E-state index contributed by atoms with van der Waals surface area (Å²) in [6.07, 6.45) is 2.26. The Labute approximate surface area is 325 Å². The van der Waals surface area contributed by atoms with Crippen molar-refractivity contribution in [2.45, 2.75) is 93.2 Å². The molecule has 0 fully saturated rings. The zero-order valence-corrected chi connectivity index (χ0v) is 36.8. The summed E-state index contributed by atoms with van der Waals surface area (Å²) in [4.78, 5) is 0. The molecule has 0 saturated heterocycles. The van der Waals surface area contributed by atoms with Gasteiger partial charge in [-0.3, -0.25) is 0 Å². The van der Waals surface area contributed by atoms with Crippen molar-refractivity contribution in [3.63, 3.8) is 0 Å². The van der Waals surface area contributed by atoms with Crippen LogP contribution in [0.2, 0.25) is 13.1 Å². The van der Waals surface area contributed by atoms with E-state index in [1.807, 2.05) is 0 Å². The number of benzene rings is 4. The van der Waals surface area contributed by atoms with E-state index in [2.05, 4.69) is 178 Å². The van der Waals surface area contributed by atoms with Crippen molar-refractivity contribution in [2.75, 3.05) is 0 Å². The molecule has 0 saturated carbocycles. The van der Waals surface area contributed by atoms with Gasteiger partial charge in [0, 0.05) is 9.52 Å². The molecule has 0 bridgehead atoms. The van der Waals surface area contributed by atoms with Crippen LogP contribution in [0.5, 0.6) is 0 Å². The van der Waals surface area contributed by atoms with Gasteiger partial charge in [0.05, 0.1) is 0 Å². The Morgan fingerprint density at radius 2 is 0.840 bits per heavy atom. The number of fused-ring (bicyclic) bond motifs is 2. The number of hydrogen-bond acceptors (Lipinski definition) is 0. The monoisotopic (exact) mass is 796 g/mol. The summed E-state index contributed by atoms with van der Waals surface area (Å²) < 4.78 is 0. The van der Waals surface area contributed by atoms with Crippen LogP contribution in [-0.2, 0) is 33.7 Å². The predicted octanol–water partition coefficient (Wildman–Crippen LogP) is 15.3. The van der Waals surface area contributed by atoms with Gasteiger partial charge in [-0.1, -0.05) is 140 Å². The Morgan fingerprint density at radius 1 is 0.520 bits per heavy atom. The third kappa shape index (κ3) is 11.9. The van der Waals surface area contributed by atoms with Crippen LogP contribution in [0.3, 0.4) is 0 Å². The van der Waals surface area contributed by atoms with Gasteiger partial charge in [0.1, 0.15) is 0 Å². The molecule has 0 aliphatic carbocycles. The van der Waals surface area contributed by atoms with Gasteiger partial charge < -0.3 is 0 Å². The van der Waals surface area contributed by atoms with E-state index in [1.165, 1.54) is 66.1 Å². The zero-order chi connectivity index (χ0) is 36.8. The van der Waals surface area contributed by atoms with E-state index in [-0.39, 0.29) is 0 Å². The minimum absolute atomic E-state index is 0.575. The summed E-state index contributed by atoms with van der Waals surface area (Å²) in [5, 5.41) is 5.51. The van der Waals surface area contributed by atoms with Crippen molar-refractivity contribution in [2.24, 2.45) is 11.8 Å². The van der Waals surface area contributed by atoms with Crippen LogP contribution in [0.15, 0.2) is 109 Å². The maximum absolute atomic E-state index is 4.93. The number of halogens is 2. The summed E-state index contributed by atoms with van der Waals surface area (Å²) in [6, 6.07) is 40.5. The van der Waals surface area contributed by atoms with Crippen molar-refractivity contribution in [3.8, 4) is 22.3 Å². The third-order valence-corrected chi connectivity index (χ3v) is 8.75. The Bertz CT molecular complexity index is 1740. The summed E-state index contributed by atoms with van der Waals surface area (Å²) in [7, 11) is 11.0. The van der Waals surface area contributed by atoms with Gasteiger partial charge in [-0.25, -0.2) is 0 Å². The summed E-state index contributed by atoms with van der Waals surface area (Å²) in [6.45, 7) is 22.5. The van der Waals surface area contributed by atoms with E-state index in [0.29, 0.717) is 23.7 Å². The number of rotatable bonds is 8. The summed E-state index contributed by atoms with van der Waals surface area (Å²) in [5.74, 6) is 2.50. The first-order chi connectivity index (χ1) is 23.9. The minimum atomic E-state index is -0.826. The van der Waals surface area contributed by atoms with E-state index < -0.39 is 20.8 Å². The van der Waals surface area contributed by atoms with E-state index in [4.69, 9.17) is 17.0 Å². The van der Waals surface area contributed by atoms with Crippen molar-refractivity contribution in [1.82, 2.24) is 0 Å². The van der Waals surface area contributed by atoms with Gasteiger partial charge >= 0.3 is 37.9 Å². The number of hydrogen-bond donors (Lipinski definition) is 0. The van der Waals surface area contributed by atoms with Gasteiger partial charge in [-0.05, 0) is 58.8 Å². The Balaban J connectivity index is 0.000000234. The molecule has 0 aliphatic heterocycles. The Kier molecular flexibility index (Phi) is 18.0. The topological polar surface area (TPSA) is 0 Å². The van der Waals surface area contributed by atoms with Gasteiger partial charge in [-0.15, -0.1) is 69.1 Å². The molecular weight excluding hydrogens is 743 g/mol. The molecular formula is C46H56Cl2SiZr. The standard InChI is InChI=1S/2C22H25.C2H6Si.2ClH.Zr/c2*1-15(2)12-17-8-5-6-10-20(17)21-11-7-9-18-13-19(16(3)4)14-22(18)21;1-3-2;;;/h2*5-11,13-16H,12H2,1-4H3;1-2H3;2*1H;/q2*-1;;;;+4/p-2. The molecule has 6 aromatic carbocycles. The molecule has 0 atom stereocenters. The quantitative estimate of drug-likeness (QED) is 0.106. The first-order valence-corrected chi connectivity index (χ1v) is 26.4. The molecule has 262 valence electrons. The van der Waals surface area contributed by atoms with Crippen LogP contribution in [0.4, 0.5) is 0 Å². The fraction of sp³-hybridized carbons (Fsp3) is 0.348. The Hall–Kier alpha value is -2.22. The van der Waals surface area contributed by atoms with E-state index in [1.54, 1.807) is 0 Å². The molecule has 4 heteroatoms.